The van der Waals surface area contributed by atoms with Gasteiger partial charge in [-0.3, -0.25) is 0 Å². The number of halogens is 1. The molecule has 0 rings (SSSR count). The summed E-state index contributed by atoms with van der Waals surface area (Å²) < 4.78 is 1.08. The summed E-state index contributed by atoms with van der Waals surface area (Å²) >= 11 is 0. The third kappa shape index (κ3) is 2.88. The molecule has 0 aliphatic rings. The Balaban J connectivity index is 0. The highest BCUT2D eigenvalue weighted by Gasteiger charge is 2.62. The molecule has 0 atom stereocenters. The standard InChI is InChI=1S/C16H36N.ClH/c1-13(2,3)17(14(4,5)6,15(7,8)9)16(10,11)12;/h1-12H3;1H/q+1;/p-1. The summed E-state index contributed by atoms with van der Waals surface area (Å²) in [5.74, 6) is 0. The maximum Gasteiger partial charge on any atom is 0.0918 e. The van der Waals surface area contributed by atoms with Crippen LogP contribution in [0.4, 0.5) is 0 Å². The third-order valence-corrected chi connectivity index (χ3v) is 4.02. The van der Waals surface area contributed by atoms with Crippen LogP contribution in [0.15, 0.2) is 0 Å². The fourth-order valence-corrected chi connectivity index (χ4v) is 6.04. The Morgan fingerprint density at radius 3 is 0.500 bits per heavy atom. The molecule has 0 N–H and O–H groups in total. The van der Waals surface area contributed by atoms with E-state index in [1.807, 2.05) is 0 Å². The van der Waals surface area contributed by atoms with Crippen LogP contribution in [0.2, 0.25) is 0 Å². The zero-order valence-corrected chi connectivity index (χ0v) is 15.6. The molecule has 1 nitrogen and oxygen atoms in total. The van der Waals surface area contributed by atoms with Gasteiger partial charge in [0.05, 0.1) is 22.2 Å². The van der Waals surface area contributed by atoms with Crippen LogP contribution in [0.25, 0.3) is 0 Å². The van der Waals surface area contributed by atoms with Gasteiger partial charge in [0.2, 0.25) is 0 Å². The van der Waals surface area contributed by atoms with Crippen molar-refractivity contribution in [1.82, 2.24) is 0 Å². The lowest BCUT2D eigenvalue weighted by atomic mass is 9.75. The van der Waals surface area contributed by atoms with Crippen molar-refractivity contribution in [3.63, 3.8) is 0 Å². The molecule has 0 aromatic rings. The van der Waals surface area contributed by atoms with E-state index < -0.39 is 0 Å². The number of quaternary nitrogens is 1. The van der Waals surface area contributed by atoms with E-state index in [0.717, 1.165) is 4.48 Å². The van der Waals surface area contributed by atoms with E-state index in [-0.39, 0.29) is 34.6 Å². The summed E-state index contributed by atoms with van der Waals surface area (Å²) in [5.41, 5.74) is 0.812. The molecule has 0 radical (unpaired) electrons. The SMILES string of the molecule is CC(C)(C)[N+](C(C)(C)C)(C(C)(C)C)C(C)(C)C.[Cl-]. The number of hydrogen-bond acceptors (Lipinski definition) is 0. The highest BCUT2D eigenvalue weighted by Crippen LogP contribution is 2.50. The number of rotatable bonds is 0. The molecule has 0 amide bonds. The van der Waals surface area contributed by atoms with Crippen molar-refractivity contribution < 1.29 is 16.9 Å². The second kappa shape index (κ2) is 4.98. The average Bonchev–Trinajstić information content (AvgIpc) is 1.67. The maximum atomic E-state index is 2.38. The lowest BCUT2D eigenvalue weighted by molar-refractivity contribution is -1.08. The first kappa shape index (κ1) is 20.6. The molecule has 0 heterocycles. The minimum Gasteiger partial charge on any atom is -1.00 e. The first-order chi connectivity index (χ1) is 7.00. The molecule has 0 bridgehead atoms. The largest absolute Gasteiger partial charge is 1.00 e. The highest BCUT2D eigenvalue weighted by atomic mass is 35.5. The van der Waals surface area contributed by atoms with Crippen LogP contribution < -0.4 is 12.4 Å². The van der Waals surface area contributed by atoms with E-state index in [2.05, 4.69) is 83.1 Å². The van der Waals surface area contributed by atoms with Gasteiger partial charge < -0.3 is 16.9 Å². The van der Waals surface area contributed by atoms with Gasteiger partial charge >= 0.3 is 0 Å². The van der Waals surface area contributed by atoms with Crippen LogP contribution in [-0.2, 0) is 0 Å². The van der Waals surface area contributed by atoms with Crippen molar-refractivity contribution >= 4 is 0 Å². The Kier molecular flexibility index (Phi) is 5.69. The molecular formula is C16H36ClN. The second-order valence-electron chi connectivity index (χ2n) is 9.35. The second-order valence-corrected chi connectivity index (χ2v) is 9.35. The summed E-state index contributed by atoms with van der Waals surface area (Å²) in [5, 5.41) is 0. The normalized spacial score (nSPS) is 15.3. The molecule has 0 aliphatic heterocycles. The molecule has 0 fully saturated rings. The first-order valence-electron chi connectivity index (χ1n) is 6.89. The van der Waals surface area contributed by atoms with Gasteiger partial charge in [0.25, 0.3) is 0 Å². The summed E-state index contributed by atoms with van der Waals surface area (Å²) in [6.07, 6.45) is 0. The Morgan fingerprint density at radius 1 is 0.389 bits per heavy atom. The quantitative estimate of drug-likeness (QED) is 0.594. The number of hydrogen-bond donors (Lipinski definition) is 0. The average molecular weight is 278 g/mol. The smallest absolute Gasteiger partial charge is 0.0918 e. The number of nitrogens with zero attached hydrogens (tertiary/aromatic N) is 1. The van der Waals surface area contributed by atoms with Crippen molar-refractivity contribution in [2.45, 2.75) is 105 Å². The van der Waals surface area contributed by atoms with E-state index in [4.69, 9.17) is 0 Å². The molecule has 2 heteroatoms. The van der Waals surface area contributed by atoms with Gasteiger partial charge in [-0.05, 0) is 83.1 Å². The zero-order chi connectivity index (χ0) is 14.5. The van der Waals surface area contributed by atoms with Crippen molar-refractivity contribution in [2.24, 2.45) is 0 Å². The summed E-state index contributed by atoms with van der Waals surface area (Å²) in [4.78, 5) is 0. The molecule has 0 aromatic heterocycles. The molecule has 112 valence electrons. The summed E-state index contributed by atoms with van der Waals surface area (Å²) in [7, 11) is 0. The maximum absolute atomic E-state index is 2.38. The van der Waals surface area contributed by atoms with Crippen LogP contribution in [0.1, 0.15) is 83.1 Å². The molecule has 0 spiro atoms. The van der Waals surface area contributed by atoms with Crippen LogP contribution in [0.5, 0.6) is 0 Å². The van der Waals surface area contributed by atoms with Gasteiger partial charge in [0.15, 0.2) is 0 Å². The Hall–Kier alpha value is 0.250. The van der Waals surface area contributed by atoms with Crippen molar-refractivity contribution in [2.75, 3.05) is 0 Å². The zero-order valence-electron chi connectivity index (χ0n) is 14.8. The van der Waals surface area contributed by atoms with Gasteiger partial charge in [0.1, 0.15) is 0 Å². The van der Waals surface area contributed by atoms with Gasteiger partial charge in [-0.15, -0.1) is 0 Å². The van der Waals surface area contributed by atoms with Gasteiger partial charge in [-0.1, -0.05) is 0 Å². The van der Waals surface area contributed by atoms with E-state index in [1.165, 1.54) is 0 Å². The van der Waals surface area contributed by atoms with E-state index in [1.54, 1.807) is 0 Å². The minimum absolute atomic E-state index is 0. The molecule has 0 saturated heterocycles. The fourth-order valence-electron chi connectivity index (χ4n) is 6.04. The van der Waals surface area contributed by atoms with Gasteiger partial charge in [0, 0.05) is 0 Å². The monoisotopic (exact) mass is 277 g/mol. The van der Waals surface area contributed by atoms with Crippen LogP contribution >= 0.6 is 0 Å². The minimum atomic E-state index is 0. The van der Waals surface area contributed by atoms with Crippen molar-refractivity contribution in [3.8, 4) is 0 Å². The van der Waals surface area contributed by atoms with Crippen molar-refractivity contribution in [1.29, 1.82) is 0 Å². The lowest BCUT2D eigenvalue weighted by Crippen LogP contribution is -3.00. The van der Waals surface area contributed by atoms with E-state index in [0.29, 0.717) is 0 Å². The van der Waals surface area contributed by atoms with Crippen molar-refractivity contribution in [3.05, 3.63) is 0 Å². The fraction of sp³-hybridized carbons (Fsp3) is 1.00. The van der Waals surface area contributed by atoms with Crippen LogP contribution in [0, 0.1) is 0 Å². The van der Waals surface area contributed by atoms with Crippen LogP contribution in [-0.4, -0.2) is 26.6 Å². The molecule has 18 heavy (non-hydrogen) atoms. The van der Waals surface area contributed by atoms with Gasteiger partial charge in [-0.2, -0.15) is 0 Å². The Bertz CT molecular complexity index is 204. The summed E-state index contributed by atoms with van der Waals surface area (Å²) in [6, 6.07) is 0. The van der Waals surface area contributed by atoms with Gasteiger partial charge in [-0.25, -0.2) is 0 Å². The molecule has 0 aromatic carbocycles. The Labute approximate surface area is 122 Å². The van der Waals surface area contributed by atoms with E-state index >= 15 is 0 Å². The molecule has 0 aliphatic carbocycles. The molecular weight excluding hydrogens is 242 g/mol. The highest BCUT2D eigenvalue weighted by molar-refractivity contribution is 4.88. The predicted molar refractivity (Wildman–Crippen MR) is 79.3 cm³/mol. The lowest BCUT2D eigenvalue weighted by Gasteiger charge is -2.70. The predicted octanol–water partition coefficient (Wildman–Crippen LogP) is 2.00. The molecule has 0 saturated carbocycles. The molecule has 0 unspecified atom stereocenters. The first-order valence-corrected chi connectivity index (χ1v) is 6.89. The topological polar surface area (TPSA) is 0 Å². The Morgan fingerprint density at radius 2 is 0.500 bits per heavy atom. The summed E-state index contributed by atoms with van der Waals surface area (Å²) in [6.45, 7) is 28.6. The van der Waals surface area contributed by atoms with Crippen LogP contribution in [0.3, 0.4) is 0 Å². The van der Waals surface area contributed by atoms with E-state index in [9.17, 15) is 0 Å². The third-order valence-electron chi connectivity index (χ3n) is 4.02.